The highest BCUT2D eigenvalue weighted by Gasteiger charge is 2.49. The van der Waals surface area contributed by atoms with E-state index in [0.29, 0.717) is 29.2 Å². The second-order valence-electron chi connectivity index (χ2n) is 8.36. The molecule has 6 nitrogen and oxygen atoms in total. The molecule has 1 saturated heterocycles. The standard InChI is InChI=1S/C25H21BrClN3O3/c1-25-13-21(20-12-17(26)7-10-22(20)33-25)29-24(32)30(25)19-4-2-3-16(11-19)23(31)28-14-15-5-8-18(27)9-6-15/h2-12,21H,13-14H2,1H3,(H,28,31)(H,29,32)/t21-,25-/m1/s1. The number of amides is 3. The highest BCUT2D eigenvalue weighted by molar-refractivity contribution is 9.10. The predicted molar refractivity (Wildman–Crippen MR) is 131 cm³/mol. The average Bonchev–Trinajstić information content (AvgIpc) is 2.79. The molecule has 2 aliphatic heterocycles. The van der Waals surface area contributed by atoms with Crippen LogP contribution in [-0.2, 0) is 6.54 Å². The van der Waals surface area contributed by atoms with Gasteiger partial charge in [-0.15, -0.1) is 0 Å². The molecule has 33 heavy (non-hydrogen) atoms. The maximum Gasteiger partial charge on any atom is 0.325 e. The first kappa shape index (κ1) is 21.8. The number of fused-ring (bicyclic) bond motifs is 4. The second-order valence-corrected chi connectivity index (χ2v) is 9.71. The molecular weight excluding hydrogens is 506 g/mol. The van der Waals surface area contributed by atoms with Crippen LogP contribution in [-0.4, -0.2) is 17.7 Å². The largest absolute Gasteiger partial charge is 0.467 e. The van der Waals surface area contributed by atoms with E-state index in [9.17, 15) is 9.59 Å². The smallest absolute Gasteiger partial charge is 0.325 e. The lowest BCUT2D eigenvalue weighted by Gasteiger charge is -2.50. The average molecular weight is 527 g/mol. The number of hydrogen-bond donors (Lipinski definition) is 2. The molecule has 0 saturated carbocycles. The monoisotopic (exact) mass is 525 g/mol. The van der Waals surface area contributed by atoms with Crippen LogP contribution in [0.25, 0.3) is 0 Å². The van der Waals surface area contributed by atoms with Crippen molar-refractivity contribution in [2.75, 3.05) is 4.90 Å². The van der Waals surface area contributed by atoms with Crippen molar-refractivity contribution in [3.63, 3.8) is 0 Å². The molecule has 8 heteroatoms. The third-order valence-corrected chi connectivity index (χ3v) is 6.71. The van der Waals surface area contributed by atoms with Crippen molar-refractivity contribution in [1.29, 1.82) is 0 Å². The molecule has 0 aliphatic carbocycles. The lowest BCUT2D eigenvalue weighted by atomic mass is 9.90. The Hall–Kier alpha value is -3.03. The van der Waals surface area contributed by atoms with Gasteiger partial charge in [-0.1, -0.05) is 45.7 Å². The summed E-state index contributed by atoms with van der Waals surface area (Å²) in [6.07, 6.45) is 0.579. The number of carbonyl (C=O) groups excluding carboxylic acids is 2. The van der Waals surface area contributed by atoms with Gasteiger partial charge in [-0.05, 0) is 61.0 Å². The molecule has 3 aromatic rings. The number of anilines is 1. The van der Waals surface area contributed by atoms with Crippen LogP contribution in [0.4, 0.5) is 10.5 Å². The fourth-order valence-electron chi connectivity index (χ4n) is 4.41. The molecule has 0 spiro atoms. The minimum atomic E-state index is -0.883. The third-order valence-electron chi connectivity index (χ3n) is 5.97. The van der Waals surface area contributed by atoms with Gasteiger partial charge >= 0.3 is 6.03 Å². The second kappa shape index (κ2) is 8.39. The van der Waals surface area contributed by atoms with Gasteiger partial charge in [0, 0.05) is 33.6 Å². The zero-order valence-corrected chi connectivity index (χ0v) is 20.1. The molecule has 1 fully saturated rings. The van der Waals surface area contributed by atoms with Gasteiger partial charge in [0.25, 0.3) is 5.91 Å². The molecule has 2 atom stereocenters. The van der Waals surface area contributed by atoms with Gasteiger partial charge in [0.2, 0.25) is 0 Å². The van der Waals surface area contributed by atoms with Gasteiger partial charge in [0.1, 0.15) is 5.75 Å². The molecule has 2 aliphatic rings. The minimum Gasteiger partial charge on any atom is -0.467 e. The Morgan fingerprint density at radius 1 is 1.21 bits per heavy atom. The van der Waals surface area contributed by atoms with E-state index >= 15 is 0 Å². The van der Waals surface area contributed by atoms with E-state index in [0.717, 1.165) is 21.3 Å². The molecule has 0 aromatic heterocycles. The Kier molecular flexibility index (Phi) is 5.54. The van der Waals surface area contributed by atoms with E-state index in [1.165, 1.54) is 0 Å². The topological polar surface area (TPSA) is 70.7 Å². The molecule has 5 rings (SSSR count). The SMILES string of the molecule is C[C@@]12C[C@@H](NC(=O)N1c1cccc(C(=O)NCc3ccc(Cl)cc3)c1)c1cc(Br)ccc1O2. The zero-order chi connectivity index (χ0) is 23.2. The number of ether oxygens (including phenoxy) is 1. The molecule has 3 aromatic carbocycles. The van der Waals surface area contributed by atoms with Gasteiger partial charge in [-0.2, -0.15) is 0 Å². The van der Waals surface area contributed by atoms with E-state index in [2.05, 4.69) is 26.6 Å². The van der Waals surface area contributed by atoms with Gasteiger partial charge in [-0.25, -0.2) is 4.79 Å². The maximum absolute atomic E-state index is 13.1. The van der Waals surface area contributed by atoms with Crippen molar-refractivity contribution in [1.82, 2.24) is 10.6 Å². The Labute approximate surface area is 205 Å². The van der Waals surface area contributed by atoms with Crippen LogP contribution < -0.4 is 20.3 Å². The Bertz CT molecular complexity index is 1250. The number of benzene rings is 3. The van der Waals surface area contributed by atoms with Gasteiger partial charge in [0.15, 0.2) is 5.72 Å². The Morgan fingerprint density at radius 3 is 2.79 bits per heavy atom. The molecule has 0 unspecified atom stereocenters. The summed E-state index contributed by atoms with van der Waals surface area (Å²) in [4.78, 5) is 27.5. The number of carbonyl (C=O) groups is 2. The van der Waals surface area contributed by atoms with E-state index < -0.39 is 5.72 Å². The molecule has 2 heterocycles. The van der Waals surface area contributed by atoms with Gasteiger partial charge in [0.05, 0.1) is 11.7 Å². The number of rotatable bonds is 4. The summed E-state index contributed by atoms with van der Waals surface area (Å²) >= 11 is 9.41. The van der Waals surface area contributed by atoms with E-state index in [4.69, 9.17) is 16.3 Å². The van der Waals surface area contributed by atoms with Crippen molar-refractivity contribution < 1.29 is 14.3 Å². The van der Waals surface area contributed by atoms with Crippen LogP contribution in [0, 0.1) is 0 Å². The fourth-order valence-corrected chi connectivity index (χ4v) is 4.91. The van der Waals surface area contributed by atoms with Crippen LogP contribution in [0.3, 0.4) is 0 Å². The minimum absolute atomic E-state index is 0.147. The number of urea groups is 1. The quantitative estimate of drug-likeness (QED) is 0.451. The highest BCUT2D eigenvalue weighted by atomic mass is 79.9. The van der Waals surface area contributed by atoms with Crippen LogP contribution in [0.1, 0.15) is 40.9 Å². The van der Waals surface area contributed by atoms with Crippen LogP contribution in [0.2, 0.25) is 5.02 Å². The van der Waals surface area contributed by atoms with E-state index in [1.807, 2.05) is 43.3 Å². The molecule has 2 N–H and O–H groups in total. The van der Waals surface area contributed by atoms with Crippen molar-refractivity contribution in [2.45, 2.75) is 31.7 Å². The molecular formula is C25H21BrClN3O3. The predicted octanol–water partition coefficient (Wildman–Crippen LogP) is 5.80. The Balaban J connectivity index is 1.39. The summed E-state index contributed by atoms with van der Waals surface area (Å²) in [7, 11) is 0. The van der Waals surface area contributed by atoms with Crippen LogP contribution in [0.5, 0.6) is 5.75 Å². The molecule has 0 radical (unpaired) electrons. The highest BCUT2D eigenvalue weighted by Crippen LogP contribution is 2.46. The number of hydrogen-bond acceptors (Lipinski definition) is 3. The first-order valence-electron chi connectivity index (χ1n) is 10.5. The lowest BCUT2D eigenvalue weighted by molar-refractivity contribution is 0.0378. The van der Waals surface area contributed by atoms with E-state index in [-0.39, 0.29) is 18.0 Å². The summed E-state index contributed by atoms with van der Waals surface area (Å²) in [5, 5.41) is 6.64. The summed E-state index contributed by atoms with van der Waals surface area (Å²) in [6, 6.07) is 19.7. The summed E-state index contributed by atoms with van der Waals surface area (Å²) in [5.41, 5.74) is 2.06. The van der Waals surface area contributed by atoms with Gasteiger partial charge in [-0.3, -0.25) is 9.69 Å². The zero-order valence-electron chi connectivity index (χ0n) is 17.8. The maximum atomic E-state index is 13.1. The van der Waals surface area contributed by atoms with E-state index in [1.54, 1.807) is 35.2 Å². The third kappa shape index (κ3) is 4.18. The van der Waals surface area contributed by atoms with Gasteiger partial charge < -0.3 is 15.4 Å². The summed E-state index contributed by atoms with van der Waals surface area (Å²) in [6.45, 7) is 2.27. The Morgan fingerprint density at radius 2 is 2.00 bits per heavy atom. The van der Waals surface area contributed by atoms with Crippen molar-refractivity contribution in [3.05, 3.63) is 92.9 Å². The summed E-state index contributed by atoms with van der Waals surface area (Å²) in [5.74, 6) is 0.505. The fraction of sp³-hybridized carbons (Fsp3) is 0.200. The number of nitrogens with one attached hydrogen (secondary N) is 2. The first-order chi connectivity index (χ1) is 15.8. The molecule has 2 bridgehead atoms. The normalized spacial score (nSPS) is 21.0. The number of halogens is 2. The van der Waals surface area contributed by atoms with Crippen molar-refractivity contribution in [2.24, 2.45) is 0 Å². The van der Waals surface area contributed by atoms with Crippen LogP contribution in [0.15, 0.2) is 71.2 Å². The lowest BCUT2D eigenvalue weighted by Crippen LogP contribution is -2.65. The van der Waals surface area contributed by atoms with Crippen LogP contribution >= 0.6 is 27.5 Å². The molecule has 168 valence electrons. The summed E-state index contributed by atoms with van der Waals surface area (Å²) < 4.78 is 7.26. The molecule has 3 amide bonds. The number of nitrogens with zero attached hydrogens (tertiary/aromatic N) is 1. The first-order valence-corrected chi connectivity index (χ1v) is 11.7. The van der Waals surface area contributed by atoms with Crippen molar-refractivity contribution in [3.8, 4) is 5.75 Å². The van der Waals surface area contributed by atoms with Crippen molar-refractivity contribution >= 4 is 45.2 Å².